The molecule has 0 aliphatic heterocycles. The Hall–Kier alpha value is 0. The smallest absolute Gasteiger partial charge is 0.0354 e. The molecule has 0 N–H and O–H groups in total. The Balaban J connectivity index is 1.66. The van der Waals surface area contributed by atoms with Gasteiger partial charge in [0.15, 0.2) is 0 Å². The van der Waals surface area contributed by atoms with Crippen molar-refractivity contribution in [2.45, 2.75) is 162 Å². The van der Waals surface area contributed by atoms with Crippen molar-refractivity contribution in [1.29, 1.82) is 0 Å². The summed E-state index contributed by atoms with van der Waals surface area (Å²) in [5.74, 6) is 5.21. The molecule has 0 aromatic rings. The molecule has 0 aromatic heterocycles. The molecule has 0 saturated heterocycles. The van der Waals surface area contributed by atoms with E-state index in [1.165, 1.54) is 96.3 Å². The third-order valence-electron chi connectivity index (χ3n) is 10.1. The van der Waals surface area contributed by atoms with Crippen LogP contribution in [0.1, 0.15) is 162 Å². The molecule has 0 radical (unpaired) electrons. The van der Waals surface area contributed by atoms with Crippen molar-refractivity contribution in [2.24, 2.45) is 35.0 Å². The van der Waals surface area contributed by atoms with Crippen LogP contribution in [0.15, 0.2) is 0 Å². The van der Waals surface area contributed by atoms with Gasteiger partial charge >= 0.3 is 0 Å². The quantitative estimate of drug-likeness (QED) is 0.416. The summed E-state index contributed by atoms with van der Waals surface area (Å²) in [6, 6.07) is 0. The zero-order chi connectivity index (χ0) is 21.9. The van der Waals surface area contributed by atoms with Crippen molar-refractivity contribution in [1.82, 2.24) is 0 Å². The van der Waals surface area contributed by atoms with E-state index < -0.39 is 0 Å². The number of hydrogen-bond donors (Lipinski definition) is 0. The van der Waals surface area contributed by atoms with Crippen LogP contribution in [0.25, 0.3) is 0 Å². The standard InChI is InChI=1S/C31H58/c1-26-16-14-20-29(26)30-21-15-25-31(2,3)24-13-8-6-4-5-7-12-19-28(30)23-22-27-17-10-9-11-18-27/h26-30H,4-25H2,1-3H3. The molecule has 182 valence electrons. The Morgan fingerprint density at radius 3 is 1.81 bits per heavy atom. The molecular formula is C31H58. The topological polar surface area (TPSA) is 0 Å². The zero-order valence-electron chi connectivity index (χ0n) is 21.9. The van der Waals surface area contributed by atoms with E-state index in [9.17, 15) is 0 Å². The average molecular weight is 431 g/mol. The highest BCUT2D eigenvalue weighted by Crippen LogP contribution is 2.46. The molecule has 3 fully saturated rings. The summed E-state index contributed by atoms with van der Waals surface area (Å²) in [7, 11) is 0. The first-order valence-corrected chi connectivity index (χ1v) is 15.1. The van der Waals surface area contributed by atoms with Gasteiger partial charge in [-0.3, -0.25) is 0 Å². The second kappa shape index (κ2) is 13.6. The van der Waals surface area contributed by atoms with E-state index in [-0.39, 0.29) is 0 Å². The van der Waals surface area contributed by atoms with Gasteiger partial charge in [-0.05, 0) is 67.1 Å². The Morgan fingerprint density at radius 2 is 1.10 bits per heavy atom. The molecule has 0 nitrogen and oxygen atoms in total. The molecule has 31 heavy (non-hydrogen) atoms. The maximum absolute atomic E-state index is 2.61. The third-order valence-corrected chi connectivity index (χ3v) is 10.1. The van der Waals surface area contributed by atoms with Crippen molar-refractivity contribution in [2.75, 3.05) is 0 Å². The van der Waals surface area contributed by atoms with Crippen molar-refractivity contribution in [3.8, 4) is 0 Å². The lowest BCUT2D eigenvalue weighted by atomic mass is 9.69. The molecule has 0 amide bonds. The molecule has 4 atom stereocenters. The summed E-state index contributed by atoms with van der Waals surface area (Å²) in [4.78, 5) is 0. The summed E-state index contributed by atoms with van der Waals surface area (Å²) in [5, 5.41) is 0. The highest BCUT2D eigenvalue weighted by molar-refractivity contribution is 4.86. The highest BCUT2D eigenvalue weighted by Gasteiger charge is 2.35. The van der Waals surface area contributed by atoms with Crippen molar-refractivity contribution in [3.05, 3.63) is 0 Å². The van der Waals surface area contributed by atoms with Crippen LogP contribution in [0.3, 0.4) is 0 Å². The molecule has 0 aromatic carbocycles. The minimum atomic E-state index is 0.573. The lowest BCUT2D eigenvalue weighted by Crippen LogP contribution is -2.27. The first-order chi connectivity index (χ1) is 15.1. The SMILES string of the molecule is CC1CCCC1C1CCCC(C)(C)CCCCCCCCCC1CCC1CCCCC1. The predicted molar refractivity (Wildman–Crippen MR) is 138 cm³/mol. The maximum atomic E-state index is 2.61. The van der Waals surface area contributed by atoms with Crippen LogP contribution in [0.5, 0.6) is 0 Å². The second-order valence-electron chi connectivity index (χ2n) is 13.1. The minimum Gasteiger partial charge on any atom is -0.0622 e. The van der Waals surface area contributed by atoms with Gasteiger partial charge in [0.25, 0.3) is 0 Å². The minimum absolute atomic E-state index is 0.573. The Labute approximate surface area is 197 Å². The van der Waals surface area contributed by atoms with E-state index in [0.29, 0.717) is 5.41 Å². The average Bonchev–Trinajstić information content (AvgIpc) is 3.18. The Bertz CT molecular complexity index is 457. The van der Waals surface area contributed by atoms with Crippen molar-refractivity contribution in [3.63, 3.8) is 0 Å². The summed E-state index contributed by atoms with van der Waals surface area (Å²) in [5.41, 5.74) is 0.573. The monoisotopic (exact) mass is 430 g/mol. The largest absolute Gasteiger partial charge is 0.0622 e. The summed E-state index contributed by atoms with van der Waals surface area (Å²) in [6.07, 6.45) is 33.4. The fraction of sp³-hybridized carbons (Fsp3) is 1.00. The first-order valence-electron chi connectivity index (χ1n) is 15.1. The van der Waals surface area contributed by atoms with Crippen LogP contribution in [0, 0.1) is 35.0 Å². The molecule has 4 unspecified atom stereocenters. The molecular weight excluding hydrogens is 372 g/mol. The maximum Gasteiger partial charge on any atom is -0.0354 e. The van der Waals surface area contributed by atoms with E-state index in [0.717, 1.165) is 29.6 Å². The summed E-state index contributed by atoms with van der Waals surface area (Å²) < 4.78 is 0. The fourth-order valence-corrected chi connectivity index (χ4v) is 7.94. The summed E-state index contributed by atoms with van der Waals surface area (Å²) in [6.45, 7) is 7.74. The van der Waals surface area contributed by atoms with Crippen LogP contribution in [0.2, 0.25) is 0 Å². The van der Waals surface area contributed by atoms with Crippen LogP contribution >= 0.6 is 0 Å². The molecule has 0 spiro atoms. The number of rotatable bonds is 4. The van der Waals surface area contributed by atoms with Gasteiger partial charge in [0.2, 0.25) is 0 Å². The highest BCUT2D eigenvalue weighted by atomic mass is 14.4. The second-order valence-corrected chi connectivity index (χ2v) is 13.1. The van der Waals surface area contributed by atoms with E-state index in [1.807, 2.05) is 0 Å². The number of hydrogen-bond acceptors (Lipinski definition) is 0. The lowest BCUT2D eigenvalue weighted by molar-refractivity contribution is 0.138. The van der Waals surface area contributed by atoms with E-state index in [1.54, 1.807) is 44.9 Å². The molecule has 0 heterocycles. The molecule has 3 aliphatic rings. The molecule has 3 saturated carbocycles. The van der Waals surface area contributed by atoms with E-state index in [4.69, 9.17) is 0 Å². The van der Waals surface area contributed by atoms with Gasteiger partial charge in [0, 0.05) is 0 Å². The van der Waals surface area contributed by atoms with Crippen LogP contribution in [0.4, 0.5) is 0 Å². The van der Waals surface area contributed by atoms with Crippen LogP contribution in [-0.4, -0.2) is 0 Å². The third kappa shape index (κ3) is 9.04. The normalized spacial score (nSPS) is 35.3. The van der Waals surface area contributed by atoms with E-state index in [2.05, 4.69) is 20.8 Å². The van der Waals surface area contributed by atoms with Crippen molar-refractivity contribution >= 4 is 0 Å². The van der Waals surface area contributed by atoms with Crippen LogP contribution < -0.4 is 0 Å². The van der Waals surface area contributed by atoms with E-state index >= 15 is 0 Å². The predicted octanol–water partition coefficient (Wildman–Crippen LogP) is 10.7. The summed E-state index contributed by atoms with van der Waals surface area (Å²) >= 11 is 0. The van der Waals surface area contributed by atoms with Gasteiger partial charge in [-0.1, -0.05) is 130 Å². The Kier molecular flexibility index (Phi) is 11.3. The lowest BCUT2D eigenvalue weighted by Gasteiger charge is -2.36. The molecule has 0 bridgehead atoms. The van der Waals surface area contributed by atoms with Gasteiger partial charge in [0.05, 0.1) is 0 Å². The van der Waals surface area contributed by atoms with Gasteiger partial charge in [-0.2, -0.15) is 0 Å². The molecule has 3 aliphatic carbocycles. The van der Waals surface area contributed by atoms with Crippen LogP contribution in [-0.2, 0) is 0 Å². The van der Waals surface area contributed by atoms with Gasteiger partial charge in [-0.25, -0.2) is 0 Å². The van der Waals surface area contributed by atoms with Gasteiger partial charge in [0.1, 0.15) is 0 Å². The molecule has 3 rings (SSSR count). The molecule has 0 heteroatoms. The van der Waals surface area contributed by atoms with Crippen molar-refractivity contribution < 1.29 is 0 Å². The fourth-order valence-electron chi connectivity index (χ4n) is 7.94. The first kappa shape index (κ1) is 25.6. The van der Waals surface area contributed by atoms with Gasteiger partial charge < -0.3 is 0 Å². The van der Waals surface area contributed by atoms with Gasteiger partial charge in [-0.15, -0.1) is 0 Å². The zero-order valence-corrected chi connectivity index (χ0v) is 21.9. The Morgan fingerprint density at radius 1 is 0.516 bits per heavy atom.